The highest BCUT2D eigenvalue weighted by atomic mass is 32.1. The first-order valence-electron chi connectivity index (χ1n) is 7.04. The van der Waals surface area contributed by atoms with E-state index < -0.39 is 5.97 Å². The lowest BCUT2D eigenvalue weighted by Crippen LogP contribution is -2.33. The first kappa shape index (κ1) is 15.7. The summed E-state index contributed by atoms with van der Waals surface area (Å²) in [6, 6.07) is -0.227. The monoisotopic (exact) mass is 312 g/mol. The predicted molar refractivity (Wildman–Crippen MR) is 79.4 cm³/mol. The largest absolute Gasteiger partial charge is 0.481 e. The Balaban J connectivity index is 1.84. The molecule has 7 nitrogen and oxygen atoms in total. The lowest BCUT2D eigenvalue weighted by atomic mass is 10.1. The summed E-state index contributed by atoms with van der Waals surface area (Å²) in [6.07, 6.45) is 1.69. The minimum atomic E-state index is -0.815. The summed E-state index contributed by atoms with van der Waals surface area (Å²) in [7, 11) is 0. The van der Waals surface area contributed by atoms with Gasteiger partial charge in [0.15, 0.2) is 0 Å². The van der Waals surface area contributed by atoms with E-state index in [1.807, 2.05) is 0 Å². The van der Waals surface area contributed by atoms with Crippen molar-refractivity contribution in [1.82, 2.24) is 15.1 Å². The minimum absolute atomic E-state index is 0.0409. The summed E-state index contributed by atoms with van der Waals surface area (Å²) < 4.78 is 0. The van der Waals surface area contributed by atoms with Crippen molar-refractivity contribution in [2.75, 3.05) is 18.4 Å². The van der Waals surface area contributed by atoms with Crippen molar-refractivity contribution in [1.29, 1.82) is 0 Å². The molecule has 1 aliphatic rings. The van der Waals surface area contributed by atoms with Crippen molar-refractivity contribution in [3.8, 4) is 0 Å². The van der Waals surface area contributed by atoms with Crippen molar-refractivity contribution in [2.24, 2.45) is 11.8 Å². The molecule has 8 heteroatoms. The Morgan fingerprint density at radius 2 is 2.24 bits per heavy atom. The van der Waals surface area contributed by atoms with Crippen LogP contribution in [0, 0.1) is 11.8 Å². The first-order chi connectivity index (χ1) is 9.94. The number of nitrogens with zero attached hydrogens (tertiary/aromatic N) is 3. The number of rotatable bonds is 5. The Morgan fingerprint density at radius 3 is 2.90 bits per heavy atom. The van der Waals surface area contributed by atoms with Crippen LogP contribution in [0.3, 0.4) is 0 Å². The summed E-state index contributed by atoms with van der Waals surface area (Å²) >= 11 is 1.38. The van der Waals surface area contributed by atoms with E-state index in [4.69, 9.17) is 5.11 Å². The average molecular weight is 312 g/mol. The fourth-order valence-corrected chi connectivity index (χ4v) is 3.28. The molecule has 21 heavy (non-hydrogen) atoms. The van der Waals surface area contributed by atoms with E-state index in [-0.39, 0.29) is 18.4 Å². The van der Waals surface area contributed by atoms with Crippen LogP contribution in [0.4, 0.5) is 9.93 Å². The maximum atomic E-state index is 12.1. The number of urea groups is 1. The smallest absolute Gasteiger partial charge is 0.323 e. The van der Waals surface area contributed by atoms with Gasteiger partial charge in [-0.25, -0.2) is 4.79 Å². The van der Waals surface area contributed by atoms with Gasteiger partial charge in [0.25, 0.3) is 0 Å². The third-order valence-corrected chi connectivity index (χ3v) is 4.16. The van der Waals surface area contributed by atoms with Crippen molar-refractivity contribution in [2.45, 2.75) is 33.1 Å². The van der Waals surface area contributed by atoms with Gasteiger partial charge in [0.05, 0.1) is 0 Å². The van der Waals surface area contributed by atoms with E-state index in [1.165, 1.54) is 11.3 Å². The Labute approximate surface area is 127 Å². The molecule has 2 heterocycles. The van der Waals surface area contributed by atoms with Crippen molar-refractivity contribution < 1.29 is 14.7 Å². The summed E-state index contributed by atoms with van der Waals surface area (Å²) in [4.78, 5) is 24.4. The molecule has 2 rings (SSSR count). The highest BCUT2D eigenvalue weighted by molar-refractivity contribution is 7.15. The van der Waals surface area contributed by atoms with Crippen LogP contribution in [0.15, 0.2) is 0 Å². The molecule has 116 valence electrons. The Bertz CT molecular complexity index is 517. The van der Waals surface area contributed by atoms with Crippen LogP contribution in [-0.4, -0.2) is 45.3 Å². The number of anilines is 1. The number of hydrogen-bond acceptors (Lipinski definition) is 5. The summed E-state index contributed by atoms with van der Waals surface area (Å²) in [5.41, 5.74) is 0. The lowest BCUT2D eigenvalue weighted by molar-refractivity contribution is -0.138. The number of carboxylic acid groups (broad SMARTS) is 1. The van der Waals surface area contributed by atoms with Crippen LogP contribution in [0.25, 0.3) is 0 Å². The molecule has 0 bridgehead atoms. The number of hydrogen-bond donors (Lipinski definition) is 2. The maximum Gasteiger partial charge on any atom is 0.323 e. The van der Waals surface area contributed by atoms with E-state index >= 15 is 0 Å². The van der Waals surface area contributed by atoms with Gasteiger partial charge in [-0.3, -0.25) is 10.1 Å². The maximum absolute atomic E-state index is 12.1. The molecule has 2 N–H and O–H groups in total. The zero-order valence-electron chi connectivity index (χ0n) is 12.2. The number of aromatic nitrogens is 2. The number of amides is 2. The molecule has 1 aliphatic heterocycles. The molecule has 0 saturated carbocycles. The van der Waals surface area contributed by atoms with Crippen LogP contribution < -0.4 is 5.32 Å². The summed E-state index contributed by atoms with van der Waals surface area (Å²) in [5.74, 6) is -0.277. The van der Waals surface area contributed by atoms with Gasteiger partial charge in [-0.15, -0.1) is 10.2 Å². The molecule has 1 aromatic rings. The first-order valence-corrected chi connectivity index (χ1v) is 7.85. The normalized spacial score (nSPS) is 18.2. The van der Waals surface area contributed by atoms with Gasteiger partial charge in [0.1, 0.15) is 5.01 Å². The SMILES string of the molecule is CC(C)Cc1nnc(NC(=O)N2CCC(CC(=O)O)C2)s1. The lowest BCUT2D eigenvalue weighted by Gasteiger charge is -2.15. The van der Waals surface area contributed by atoms with Gasteiger partial charge in [-0.1, -0.05) is 25.2 Å². The number of aliphatic carboxylic acids is 1. The summed E-state index contributed by atoms with van der Waals surface area (Å²) in [5, 5.41) is 20.9. The van der Waals surface area contributed by atoms with Crippen molar-refractivity contribution in [3.05, 3.63) is 5.01 Å². The molecule has 1 aromatic heterocycles. The van der Waals surface area contributed by atoms with Crippen LogP contribution in [-0.2, 0) is 11.2 Å². The van der Waals surface area contributed by atoms with Gasteiger partial charge < -0.3 is 10.0 Å². The zero-order chi connectivity index (χ0) is 15.4. The predicted octanol–water partition coefficient (Wildman–Crippen LogP) is 2.07. The molecule has 2 amide bonds. The fraction of sp³-hybridized carbons (Fsp3) is 0.692. The van der Waals surface area contributed by atoms with Crippen molar-refractivity contribution in [3.63, 3.8) is 0 Å². The van der Waals surface area contributed by atoms with Gasteiger partial charge in [0.2, 0.25) is 5.13 Å². The van der Waals surface area contributed by atoms with E-state index in [9.17, 15) is 9.59 Å². The van der Waals surface area contributed by atoms with Gasteiger partial charge in [-0.05, 0) is 18.3 Å². The number of carbonyl (C=O) groups excluding carboxylic acids is 1. The van der Waals surface area contributed by atoms with Crippen LogP contribution in [0.1, 0.15) is 31.7 Å². The number of likely N-dealkylation sites (tertiary alicyclic amines) is 1. The van der Waals surface area contributed by atoms with E-state index in [0.29, 0.717) is 24.1 Å². The standard InChI is InChI=1S/C13H20N4O3S/c1-8(2)5-10-15-16-12(21-10)14-13(20)17-4-3-9(7-17)6-11(18)19/h8-9H,3-7H2,1-2H3,(H,18,19)(H,14,16,20). The highest BCUT2D eigenvalue weighted by Crippen LogP contribution is 2.22. The molecular weight excluding hydrogens is 292 g/mol. The van der Waals surface area contributed by atoms with Crippen LogP contribution in [0.2, 0.25) is 0 Å². The Morgan fingerprint density at radius 1 is 1.48 bits per heavy atom. The third kappa shape index (κ3) is 4.66. The number of carboxylic acids is 1. The molecule has 1 unspecified atom stereocenters. The minimum Gasteiger partial charge on any atom is -0.481 e. The molecular formula is C13H20N4O3S. The fourth-order valence-electron chi connectivity index (χ4n) is 2.34. The molecule has 0 radical (unpaired) electrons. The van der Waals surface area contributed by atoms with Crippen LogP contribution >= 0.6 is 11.3 Å². The molecule has 0 spiro atoms. The second-order valence-electron chi connectivity index (χ2n) is 5.73. The van der Waals surface area contributed by atoms with Gasteiger partial charge in [-0.2, -0.15) is 0 Å². The molecule has 1 fully saturated rings. The van der Waals surface area contributed by atoms with Gasteiger partial charge >= 0.3 is 12.0 Å². The molecule has 1 saturated heterocycles. The molecule has 1 atom stereocenters. The van der Waals surface area contributed by atoms with E-state index in [0.717, 1.165) is 17.8 Å². The third-order valence-electron chi connectivity index (χ3n) is 3.30. The second kappa shape index (κ2) is 6.84. The topological polar surface area (TPSA) is 95.4 Å². The average Bonchev–Trinajstić information content (AvgIpc) is 2.97. The van der Waals surface area contributed by atoms with E-state index in [2.05, 4.69) is 29.4 Å². The van der Waals surface area contributed by atoms with Crippen LogP contribution in [0.5, 0.6) is 0 Å². The molecule has 0 aliphatic carbocycles. The second-order valence-corrected chi connectivity index (χ2v) is 6.79. The van der Waals surface area contributed by atoms with Gasteiger partial charge in [0, 0.05) is 25.9 Å². The quantitative estimate of drug-likeness (QED) is 0.867. The Hall–Kier alpha value is -1.70. The molecule has 0 aromatic carbocycles. The summed E-state index contributed by atoms with van der Waals surface area (Å²) in [6.45, 7) is 5.27. The van der Waals surface area contributed by atoms with E-state index in [1.54, 1.807) is 4.90 Å². The van der Waals surface area contributed by atoms with Crippen molar-refractivity contribution >= 4 is 28.5 Å². The Kier molecular flexibility index (Phi) is 5.11. The highest BCUT2D eigenvalue weighted by Gasteiger charge is 2.28. The number of carbonyl (C=O) groups is 2. The number of nitrogens with one attached hydrogen (secondary N) is 1. The zero-order valence-corrected chi connectivity index (χ0v) is 13.0.